The van der Waals surface area contributed by atoms with E-state index in [2.05, 4.69) is 30.6 Å². The van der Waals surface area contributed by atoms with Crippen LogP contribution in [0.3, 0.4) is 0 Å². The third kappa shape index (κ3) is 22.7. The maximum absolute atomic E-state index is 11.7. The molecule has 0 saturated heterocycles. The highest BCUT2D eigenvalue weighted by atomic mass is 16.5. The topological polar surface area (TPSA) is 83.8 Å². The molecule has 0 aliphatic heterocycles. The molecule has 0 amide bonds. The molecule has 0 bridgehead atoms. The van der Waals surface area contributed by atoms with E-state index in [1.165, 1.54) is 70.6 Å². The van der Waals surface area contributed by atoms with Crippen LogP contribution in [0.5, 0.6) is 0 Å². The predicted molar refractivity (Wildman–Crippen MR) is 124 cm³/mol. The van der Waals surface area contributed by atoms with E-state index in [9.17, 15) is 9.59 Å². The van der Waals surface area contributed by atoms with Crippen LogP contribution in [0.25, 0.3) is 0 Å². The normalized spacial score (nSPS) is 11.1. The molecular weight excluding hydrogens is 392 g/mol. The van der Waals surface area contributed by atoms with Crippen LogP contribution in [-0.4, -0.2) is 41.3 Å². The van der Waals surface area contributed by atoms with E-state index in [4.69, 9.17) is 14.9 Å². The molecule has 0 aliphatic carbocycles. The molecule has 1 atom stereocenters. The summed E-state index contributed by atoms with van der Waals surface area (Å²) in [6, 6.07) is 0. The number of carbonyl (C=O) groups is 2. The van der Waals surface area contributed by atoms with Crippen molar-refractivity contribution >= 4 is 11.8 Å². The molecule has 31 heavy (non-hydrogen) atoms. The summed E-state index contributed by atoms with van der Waals surface area (Å²) in [6.45, 7) is 1.58. The van der Waals surface area contributed by atoms with Crippen LogP contribution in [0, 0.1) is 23.7 Å². The molecule has 0 radical (unpaired) electrons. The fourth-order valence-electron chi connectivity index (χ4n) is 3.05. The van der Waals surface area contributed by atoms with E-state index in [1.54, 1.807) is 0 Å². The molecule has 5 nitrogen and oxygen atoms in total. The fraction of sp³-hybridized carbons (Fsp3) is 0.769. The molecule has 0 heterocycles. The zero-order chi connectivity index (χ0) is 23.0. The number of hydrogen-bond donors (Lipinski definition) is 2. The average molecular weight is 435 g/mol. The highest BCUT2D eigenvalue weighted by Gasteiger charge is 2.06. The van der Waals surface area contributed by atoms with Crippen molar-refractivity contribution in [2.75, 3.05) is 13.2 Å². The van der Waals surface area contributed by atoms with E-state index in [1.807, 2.05) is 0 Å². The van der Waals surface area contributed by atoms with Gasteiger partial charge in [0.05, 0.1) is 13.0 Å². The first-order valence-electron chi connectivity index (χ1n) is 12.1. The van der Waals surface area contributed by atoms with Crippen LogP contribution in [0.2, 0.25) is 0 Å². The third-order valence-electron chi connectivity index (χ3n) is 4.96. The van der Waals surface area contributed by atoms with Crippen LogP contribution in [0.15, 0.2) is 0 Å². The smallest absolute Gasteiger partial charge is 0.306 e. The van der Waals surface area contributed by atoms with Crippen molar-refractivity contribution in [2.45, 2.75) is 116 Å². The number of aliphatic hydroxyl groups is 2. The van der Waals surface area contributed by atoms with E-state index >= 15 is 0 Å². The zero-order valence-corrected chi connectivity index (χ0v) is 19.4. The number of aliphatic hydroxyl groups excluding tert-OH is 2. The monoisotopic (exact) mass is 434 g/mol. The van der Waals surface area contributed by atoms with Crippen molar-refractivity contribution < 1.29 is 24.5 Å². The van der Waals surface area contributed by atoms with E-state index in [0.717, 1.165) is 12.8 Å². The van der Waals surface area contributed by atoms with Gasteiger partial charge in [-0.05, 0) is 24.2 Å². The van der Waals surface area contributed by atoms with Crippen molar-refractivity contribution in [2.24, 2.45) is 0 Å². The second kappa shape index (κ2) is 22.9. The summed E-state index contributed by atoms with van der Waals surface area (Å²) in [5.41, 5.74) is 0. The first-order valence-corrected chi connectivity index (χ1v) is 12.1. The second-order valence-corrected chi connectivity index (χ2v) is 7.99. The average Bonchev–Trinajstić information content (AvgIpc) is 2.77. The van der Waals surface area contributed by atoms with Crippen LogP contribution in [0.1, 0.15) is 110 Å². The molecule has 0 saturated carbocycles. The molecule has 0 aromatic heterocycles. The van der Waals surface area contributed by atoms with Crippen LogP contribution in [-0.2, 0) is 14.3 Å². The number of hydrogen-bond acceptors (Lipinski definition) is 5. The highest BCUT2D eigenvalue weighted by molar-refractivity contribution is 5.95. The van der Waals surface area contributed by atoms with Gasteiger partial charge in [-0.3, -0.25) is 9.59 Å². The summed E-state index contributed by atoms with van der Waals surface area (Å²) in [5.74, 6) is 9.74. The van der Waals surface area contributed by atoms with Gasteiger partial charge in [-0.15, -0.1) is 0 Å². The largest absolute Gasteiger partial charge is 0.463 e. The quantitative estimate of drug-likeness (QED) is 0.133. The second-order valence-electron chi connectivity index (χ2n) is 7.99. The molecule has 0 aliphatic rings. The van der Waals surface area contributed by atoms with Gasteiger partial charge in [-0.25, -0.2) is 0 Å². The number of esters is 1. The molecule has 0 aromatic rings. The van der Waals surface area contributed by atoms with E-state index in [0.29, 0.717) is 6.42 Å². The Morgan fingerprint density at radius 2 is 1.35 bits per heavy atom. The Bertz CT molecular complexity index is 576. The van der Waals surface area contributed by atoms with Gasteiger partial charge in [0.2, 0.25) is 5.78 Å². The lowest BCUT2D eigenvalue weighted by atomic mass is 10.0. The third-order valence-corrected chi connectivity index (χ3v) is 4.96. The number of carbonyl (C=O) groups excluding carboxylic acids is 2. The van der Waals surface area contributed by atoms with Crippen LogP contribution >= 0.6 is 0 Å². The minimum Gasteiger partial charge on any atom is -0.463 e. The van der Waals surface area contributed by atoms with E-state index in [-0.39, 0.29) is 25.2 Å². The number of ketones is 1. The standard InChI is InChI=1S/C26H42O5/c1-2-3-4-5-6-7-8-9-10-11-12-13-16-19-24(28)20-17-14-15-18-21-26(30)31-23-25(29)22-27/h25,27,29H,2-13,16,18-19,21-23H2,1H3/t25-/m1/s1. The fourth-order valence-corrected chi connectivity index (χ4v) is 3.05. The maximum atomic E-state index is 11.7. The minimum atomic E-state index is -1.05. The number of rotatable bonds is 19. The maximum Gasteiger partial charge on any atom is 0.306 e. The molecule has 5 heteroatoms. The van der Waals surface area contributed by atoms with E-state index < -0.39 is 18.7 Å². The minimum absolute atomic E-state index is 0.0831. The van der Waals surface area contributed by atoms with Gasteiger partial charge in [0, 0.05) is 12.8 Å². The lowest BCUT2D eigenvalue weighted by Gasteiger charge is -2.07. The van der Waals surface area contributed by atoms with Gasteiger partial charge < -0.3 is 14.9 Å². The lowest BCUT2D eigenvalue weighted by molar-refractivity contribution is -0.147. The molecule has 0 rings (SSSR count). The Kier molecular flexibility index (Phi) is 21.5. The Labute approximate surface area is 189 Å². The zero-order valence-electron chi connectivity index (χ0n) is 19.4. The van der Waals surface area contributed by atoms with Crippen molar-refractivity contribution in [3.63, 3.8) is 0 Å². The Morgan fingerprint density at radius 1 is 0.806 bits per heavy atom. The number of unbranched alkanes of at least 4 members (excludes halogenated alkanes) is 12. The Balaban J connectivity index is 3.53. The molecule has 2 N–H and O–H groups in total. The SMILES string of the molecule is CCCCCCCCCCCCCCCC(=O)C#CC#CCCC(=O)OC[C@H](O)CO. The molecule has 0 fully saturated rings. The molecule has 0 spiro atoms. The van der Waals surface area contributed by atoms with Gasteiger partial charge >= 0.3 is 5.97 Å². The highest BCUT2D eigenvalue weighted by Crippen LogP contribution is 2.12. The summed E-state index contributed by atoms with van der Waals surface area (Å²) in [4.78, 5) is 23.0. The molecular formula is C26H42O5. The van der Waals surface area contributed by atoms with Gasteiger partial charge in [-0.1, -0.05) is 89.9 Å². The van der Waals surface area contributed by atoms with Crippen molar-refractivity contribution in [3.8, 4) is 23.7 Å². The summed E-state index contributed by atoms with van der Waals surface area (Å²) in [6.07, 6.45) is 16.4. The molecule has 0 unspecified atom stereocenters. The summed E-state index contributed by atoms with van der Waals surface area (Å²) in [7, 11) is 0. The Morgan fingerprint density at radius 3 is 1.90 bits per heavy atom. The van der Waals surface area contributed by atoms with Gasteiger partial charge in [0.15, 0.2) is 0 Å². The van der Waals surface area contributed by atoms with Gasteiger partial charge in [0.25, 0.3) is 0 Å². The summed E-state index contributed by atoms with van der Waals surface area (Å²) < 4.78 is 4.75. The lowest BCUT2D eigenvalue weighted by Crippen LogP contribution is -2.21. The summed E-state index contributed by atoms with van der Waals surface area (Å²) in [5, 5.41) is 17.7. The predicted octanol–water partition coefficient (Wildman–Crippen LogP) is 4.72. The Hall–Kier alpha value is -1.82. The van der Waals surface area contributed by atoms with Gasteiger partial charge in [0.1, 0.15) is 12.7 Å². The molecule has 0 aromatic carbocycles. The first kappa shape index (κ1) is 29.2. The number of ether oxygens (including phenoxy) is 1. The van der Waals surface area contributed by atoms with Gasteiger partial charge in [-0.2, -0.15) is 0 Å². The number of Topliss-reactive ketones (excluding diaryl/α,β-unsaturated/α-hetero) is 1. The molecule has 176 valence electrons. The van der Waals surface area contributed by atoms with Crippen molar-refractivity contribution in [1.29, 1.82) is 0 Å². The van der Waals surface area contributed by atoms with Crippen LogP contribution in [0.4, 0.5) is 0 Å². The van der Waals surface area contributed by atoms with Crippen molar-refractivity contribution in [1.82, 2.24) is 0 Å². The first-order chi connectivity index (χ1) is 15.1. The summed E-state index contributed by atoms with van der Waals surface area (Å²) >= 11 is 0. The van der Waals surface area contributed by atoms with Crippen molar-refractivity contribution in [3.05, 3.63) is 0 Å². The van der Waals surface area contributed by atoms with Crippen LogP contribution < -0.4 is 0 Å².